The van der Waals surface area contributed by atoms with Crippen LogP contribution in [0.5, 0.6) is 0 Å². The van der Waals surface area contributed by atoms with Crippen LogP contribution in [-0.4, -0.2) is 36.0 Å². The van der Waals surface area contributed by atoms with Gasteiger partial charge in [-0.2, -0.15) is 0 Å². The second-order valence-electron chi connectivity index (χ2n) is 10.1. The Kier molecular flexibility index (Phi) is 8.96. The first-order valence-electron chi connectivity index (χ1n) is 10.6. The van der Waals surface area contributed by atoms with Crippen molar-refractivity contribution in [2.24, 2.45) is 35.0 Å². The van der Waals surface area contributed by atoms with E-state index in [2.05, 4.69) is 31.4 Å². The molecule has 0 aliphatic heterocycles. The highest BCUT2D eigenvalue weighted by Gasteiger charge is 2.43. The van der Waals surface area contributed by atoms with E-state index in [1.165, 1.54) is 7.05 Å². The summed E-state index contributed by atoms with van der Waals surface area (Å²) in [6.45, 7) is 11.9. The number of carboxylic acids is 1. The van der Waals surface area contributed by atoms with Gasteiger partial charge in [-0.3, -0.25) is 14.4 Å². The number of amides is 2. The zero-order valence-corrected chi connectivity index (χ0v) is 18.7. The van der Waals surface area contributed by atoms with E-state index in [4.69, 9.17) is 0 Å². The Balaban J connectivity index is 3.12. The standard InChI is InChI=1S/C22H40N2O4/c1-13(2)12-16(15-10-8-14(3)9-11-15)17(21(27)28)19(25)24-18(20(26)23-7)22(4,5)6/h13-18H,8-12H2,1-7H3,(H,23,26)(H,24,25)(H,27,28)/t14?,15?,16-,17+,18-/m1/s1. The molecule has 6 heteroatoms. The fourth-order valence-electron chi connectivity index (χ4n) is 4.40. The van der Waals surface area contributed by atoms with Crippen molar-refractivity contribution in [3.8, 4) is 0 Å². The predicted molar refractivity (Wildman–Crippen MR) is 111 cm³/mol. The minimum atomic E-state index is -1.13. The Bertz CT molecular complexity index is 545. The summed E-state index contributed by atoms with van der Waals surface area (Å²) in [7, 11) is 1.52. The molecule has 0 spiro atoms. The first-order chi connectivity index (χ1) is 12.9. The Morgan fingerprint density at radius 1 is 1.04 bits per heavy atom. The van der Waals surface area contributed by atoms with Crippen molar-refractivity contribution in [3.63, 3.8) is 0 Å². The van der Waals surface area contributed by atoms with Gasteiger partial charge in [0.25, 0.3) is 0 Å². The molecule has 2 amide bonds. The molecule has 6 nitrogen and oxygen atoms in total. The molecule has 3 N–H and O–H groups in total. The quantitative estimate of drug-likeness (QED) is 0.548. The summed E-state index contributed by atoms with van der Waals surface area (Å²) in [4.78, 5) is 37.6. The minimum absolute atomic E-state index is 0.213. The average Bonchev–Trinajstić information content (AvgIpc) is 2.57. The van der Waals surface area contributed by atoms with Gasteiger partial charge in [0, 0.05) is 7.05 Å². The molecule has 0 saturated heterocycles. The number of rotatable bonds is 8. The molecule has 28 heavy (non-hydrogen) atoms. The Hall–Kier alpha value is -1.59. The SMILES string of the molecule is CNC(=O)[C@@H](NC(=O)[C@@H](C(=O)O)[C@H](CC(C)C)C1CCC(C)CC1)C(C)(C)C. The largest absolute Gasteiger partial charge is 0.481 e. The molecule has 3 atom stereocenters. The maximum atomic E-state index is 13.1. The lowest BCUT2D eigenvalue weighted by molar-refractivity contribution is -0.152. The number of aliphatic carboxylic acids is 1. The van der Waals surface area contributed by atoms with Crippen LogP contribution in [0.15, 0.2) is 0 Å². The van der Waals surface area contributed by atoms with Gasteiger partial charge in [0.05, 0.1) is 0 Å². The van der Waals surface area contributed by atoms with E-state index < -0.39 is 29.3 Å². The highest BCUT2D eigenvalue weighted by atomic mass is 16.4. The lowest BCUT2D eigenvalue weighted by Crippen LogP contribution is -2.56. The molecule has 1 rings (SSSR count). The molecular formula is C22H40N2O4. The van der Waals surface area contributed by atoms with E-state index in [-0.39, 0.29) is 17.7 Å². The number of hydrogen-bond acceptors (Lipinski definition) is 3. The Morgan fingerprint density at radius 3 is 1.96 bits per heavy atom. The summed E-state index contributed by atoms with van der Waals surface area (Å²) < 4.78 is 0. The summed E-state index contributed by atoms with van der Waals surface area (Å²) >= 11 is 0. The van der Waals surface area contributed by atoms with Crippen LogP contribution in [0.25, 0.3) is 0 Å². The molecule has 0 bridgehead atoms. The zero-order chi connectivity index (χ0) is 21.6. The molecule has 0 aromatic heterocycles. The van der Waals surface area contributed by atoms with Crippen molar-refractivity contribution in [2.75, 3.05) is 7.05 Å². The van der Waals surface area contributed by atoms with Crippen LogP contribution in [0, 0.1) is 35.0 Å². The number of nitrogens with one attached hydrogen (secondary N) is 2. The fourth-order valence-corrected chi connectivity index (χ4v) is 4.40. The maximum absolute atomic E-state index is 13.1. The summed E-state index contributed by atoms with van der Waals surface area (Å²) in [5.41, 5.74) is -0.521. The molecule has 0 aromatic carbocycles. The summed E-state index contributed by atoms with van der Waals surface area (Å²) in [5, 5.41) is 15.3. The highest BCUT2D eigenvalue weighted by molar-refractivity contribution is 5.99. The number of carbonyl (C=O) groups is 3. The maximum Gasteiger partial charge on any atom is 0.316 e. The van der Waals surface area contributed by atoms with Crippen LogP contribution in [0.4, 0.5) is 0 Å². The van der Waals surface area contributed by atoms with Gasteiger partial charge in [-0.05, 0) is 48.3 Å². The van der Waals surface area contributed by atoms with Crippen LogP contribution in [0.1, 0.15) is 73.6 Å². The first-order valence-corrected chi connectivity index (χ1v) is 10.6. The Labute approximate surface area is 170 Å². The van der Waals surface area contributed by atoms with Gasteiger partial charge in [0.15, 0.2) is 0 Å². The van der Waals surface area contributed by atoms with Gasteiger partial charge in [0.1, 0.15) is 12.0 Å². The van der Waals surface area contributed by atoms with Gasteiger partial charge in [-0.15, -0.1) is 0 Å². The normalized spacial score (nSPS) is 23.6. The minimum Gasteiger partial charge on any atom is -0.481 e. The first kappa shape index (κ1) is 24.4. The second-order valence-corrected chi connectivity index (χ2v) is 10.1. The summed E-state index contributed by atoms with van der Waals surface area (Å²) in [6.07, 6.45) is 4.79. The molecule has 0 unspecified atom stereocenters. The summed E-state index contributed by atoms with van der Waals surface area (Å²) in [6, 6.07) is -0.780. The smallest absolute Gasteiger partial charge is 0.316 e. The molecule has 1 aliphatic carbocycles. The third-order valence-corrected chi connectivity index (χ3v) is 6.05. The Morgan fingerprint density at radius 2 is 1.57 bits per heavy atom. The van der Waals surface area contributed by atoms with Crippen LogP contribution < -0.4 is 10.6 Å². The molecule has 1 aliphatic rings. The van der Waals surface area contributed by atoms with Crippen LogP contribution >= 0.6 is 0 Å². The van der Waals surface area contributed by atoms with Gasteiger partial charge < -0.3 is 15.7 Å². The van der Waals surface area contributed by atoms with E-state index in [0.29, 0.717) is 18.3 Å². The van der Waals surface area contributed by atoms with E-state index in [9.17, 15) is 19.5 Å². The number of hydrogen-bond donors (Lipinski definition) is 3. The predicted octanol–water partition coefficient (Wildman–Crippen LogP) is 3.45. The number of likely N-dealkylation sites (N-methyl/N-ethyl adjacent to an activating group) is 1. The van der Waals surface area contributed by atoms with Crippen LogP contribution in [0.3, 0.4) is 0 Å². The second kappa shape index (κ2) is 10.3. The van der Waals surface area contributed by atoms with Crippen molar-refractivity contribution in [2.45, 2.75) is 79.7 Å². The van der Waals surface area contributed by atoms with Gasteiger partial charge in [0.2, 0.25) is 11.8 Å². The van der Waals surface area contributed by atoms with Crippen molar-refractivity contribution in [1.29, 1.82) is 0 Å². The monoisotopic (exact) mass is 396 g/mol. The lowest BCUT2D eigenvalue weighted by atomic mass is 9.68. The van der Waals surface area contributed by atoms with E-state index in [1.54, 1.807) is 0 Å². The van der Waals surface area contributed by atoms with Crippen LogP contribution in [0.2, 0.25) is 0 Å². The molecule has 162 valence electrons. The van der Waals surface area contributed by atoms with Crippen molar-refractivity contribution < 1.29 is 19.5 Å². The zero-order valence-electron chi connectivity index (χ0n) is 18.7. The molecule has 1 saturated carbocycles. The number of carboxylic acid groups (broad SMARTS) is 1. The van der Waals surface area contributed by atoms with Crippen LogP contribution in [-0.2, 0) is 14.4 Å². The van der Waals surface area contributed by atoms with Gasteiger partial charge in [-0.25, -0.2) is 0 Å². The fraction of sp³-hybridized carbons (Fsp3) is 0.864. The average molecular weight is 397 g/mol. The van der Waals surface area contributed by atoms with Crippen molar-refractivity contribution in [3.05, 3.63) is 0 Å². The van der Waals surface area contributed by atoms with Crippen molar-refractivity contribution >= 4 is 17.8 Å². The topological polar surface area (TPSA) is 95.5 Å². The van der Waals surface area contributed by atoms with Gasteiger partial charge >= 0.3 is 5.97 Å². The van der Waals surface area contributed by atoms with E-state index >= 15 is 0 Å². The molecule has 0 aromatic rings. The summed E-state index contributed by atoms with van der Waals surface area (Å²) in [5.74, 6) is -2.09. The molecular weight excluding hydrogens is 356 g/mol. The number of carbonyl (C=O) groups excluding carboxylic acids is 2. The van der Waals surface area contributed by atoms with E-state index in [1.807, 2.05) is 20.8 Å². The molecule has 1 fully saturated rings. The molecule has 0 heterocycles. The molecule has 0 radical (unpaired) electrons. The lowest BCUT2D eigenvalue weighted by Gasteiger charge is -2.37. The third kappa shape index (κ3) is 6.78. The van der Waals surface area contributed by atoms with Gasteiger partial charge in [-0.1, -0.05) is 54.4 Å². The van der Waals surface area contributed by atoms with Crippen molar-refractivity contribution in [1.82, 2.24) is 10.6 Å². The van der Waals surface area contributed by atoms with E-state index in [0.717, 1.165) is 25.7 Å². The highest BCUT2D eigenvalue weighted by Crippen LogP contribution is 2.40. The third-order valence-electron chi connectivity index (χ3n) is 6.05.